The Hall–Kier alpha value is -2.46. The molecule has 2 aromatic rings. The van der Waals surface area contributed by atoms with Gasteiger partial charge in [-0.15, -0.1) is 0 Å². The maximum atomic E-state index is 12.9. The van der Waals surface area contributed by atoms with Gasteiger partial charge in [0.05, 0.1) is 12.7 Å². The molecule has 1 saturated carbocycles. The van der Waals surface area contributed by atoms with Gasteiger partial charge < -0.3 is 4.74 Å². The smallest absolute Gasteiger partial charge is 0.260 e. The van der Waals surface area contributed by atoms with Crippen LogP contribution < -0.4 is 0 Å². The fourth-order valence-corrected chi connectivity index (χ4v) is 4.27. The average Bonchev–Trinajstić information content (AvgIpc) is 3.17. The molecule has 1 aliphatic heterocycles. The van der Waals surface area contributed by atoms with Crippen molar-refractivity contribution in [3.05, 3.63) is 71.8 Å². The Morgan fingerprint density at radius 2 is 1.61 bits per heavy atom. The van der Waals surface area contributed by atoms with Crippen LogP contribution >= 0.6 is 0 Å². The van der Waals surface area contributed by atoms with Crippen LogP contribution in [-0.2, 0) is 16.1 Å². The molecule has 0 unspecified atom stereocenters. The summed E-state index contributed by atoms with van der Waals surface area (Å²) in [6, 6.07) is 19.2. The van der Waals surface area contributed by atoms with E-state index < -0.39 is 0 Å². The topological polar surface area (TPSA) is 46.6 Å². The number of imide groups is 1. The third kappa shape index (κ3) is 4.33. The van der Waals surface area contributed by atoms with Crippen molar-refractivity contribution in [2.75, 3.05) is 0 Å². The van der Waals surface area contributed by atoms with Crippen LogP contribution in [-0.4, -0.2) is 28.9 Å². The molecule has 28 heavy (non-hydrogen) atoms. The highest BCUT2D eigenvalue weighted by Gasteiger charge is 2.47. The lowest BCUT2D eigenvalue weighted by atomic mass is 9.89. The predicted molar refractivity (Wildman–Crippen MR) is 110 cm³/mol. The van der Waals surface area contributed by atoms with Gasteiger partial charge >= 0.3 is 0 Å². The zero-order chi connectivity index (χ0) is 19.9. The molecular formula is C24H29NO3. The van der Waals surface area contributed by atoms with Crippen LogP contribution in [0, 0.1) is 5.92 Å². The molecule has 3 atom stereocenters. The van der Waals surface area contributed by atoms with Crippen molar-refractivity contribution in [3.8, 4) is 0 Å². The Morgan fingerprint density at radius 3 is 2.29 bits per heavy atom. The number of benzene rings is 2. The molecular weight excluding hydrogens is 350 g/mol. The molecule has 1 aliphatic carbocycles. The third-order valence-electron chi connectivity index (χ3n) is 5.56. The van der Waals surface area contributed by atoms with Crippen molar-refractivity contribution in [1.82, 2.24) is 4.90 Å². The Bertz CT molecular complexity index is 775. The summed E-state index contributed by atoms with van der Waals surface area (Å²) in [6.07, 6.45) is 3.06. The van der Waals surface area contributed by atoms with Gasteiger partial charge in [-0.1, -0.05) is 62.4 Å². The highest BCUT2D eigenvalue weighted by atomic mass is 16.5. The van der Waals surface area contributed by atoms with Gasteiger partial charge in [0.25, 0.3) is 5.91 Å². The fourth-order valence-electron chi connectivity index (χ4n) is 4.27. The maximum absolute atomic E-state index is 12.9. The number of ether oxygens (including phenoxy) is 1. The van der Waals surface area contributed by atoms with Crippen LogP contribution in [0.15, 0.2) is 60.7 Å². The standard InChI is InChI=1S/C22H23NO3.C2H6/c24-21-14-11-18-19(23(21)22(25)17-9-5-2-6-10-17)12-13-20(18)26-15-16-7-3-1-4-8-16;1-2/h1-10,18-20H,11-15H2;1-2H3/t18-,19-,20-;/m1./s1. The second kappa shape index (κ2) is 9.65. The number of nitrogens with zero attached hydrogens (tertiary/aromatic N) is 1. The van der Waals surface area contributed by atoms with Crippen LogP contribution in [0.1, 0.15) is 55.5 Å². The van der Waals surface area contributed by atoms with Crippen LogP contribution in [0.4, 0.5) is 0 Å². The number of carbonyl (C=O) groups excluding carboxylic acids is 2. The predicted octanol–water partition coefficient (Wildman–Crippen LogP) is 4.84. The second-order valence-corrected chi connectivity index (χ2v) is 7.12. The molecule has 0 radical (unpaired) electrons. The Morgan fingerprint density at radius 1 is 0.964 bits per heavy atom. The van der Waals surface area contributed by atoms with E-state index in [2.05, 4.69) is 12.1 Å². The maximum Gasteiger partial charge on any atom is 0.260 e. The van der Waals surface area contributed by atoms with Gasteiger partial charge in [-0.2, -0.15) is 0 Å². The lowest BCUT2D eigenvalue weighted by Crippen LogP contribution is -2.51. The number of amides is 2. The summed E-state index contributed by atoms with van der Waals surface area (Å²) in [6.45, 7) is 4.58. The van der Waals surface area contributed by atoms with E-state index in [9.17, 15) is 9.59 Å². The summed E-state index contributed by atoms with van der Waals surface area (Å²) in [5.41, 5.74) is 1.73. The first-order chi connectivity index (χ1) is 13.7. The number of piperidine rings is 1. The monoisotopic (exact) mass is 379 g/mol. The van der Waals surface area contributed by atoms with E-state index in [0.717, 1.165) is 24.8 Å². The molecule has 0 N–H and O–H groups in total. The first kappa shape index (κ1) is 20.3. The summed E-state index contributed by atoms with van der Waals surface area (Å²) in [7, 11) is 0. The first-order valence-corrected chi connectivity index (χ1v) is 10.3. The van der Waals surface area contributed by atoms with Gasteiger partial charge in [0.2, 0.25) is 5.91 Å². The van der Waals surface area contributed by atoms with Crippen molar-refractivity contribution in [1.29, 1.82) is 0 Å². The van der Waals surface area contributed by atoms with Gasteiger partial charge in [-0.25, -0.2) is 0 Å². The summed E-state index contributed by atoms with van der Waals surface area (Å²) < 4.78 is 6.18. The Kier molecular flexibility index (Phi) is 6.99. The lowest BCUT2D eigenvalue weighted by molar-refractivity contribution is -0.135. The number of rotatable bonds is 4. The molecule has 2 amide bonds. The molecule has 4 heteroatoms. The molecule has 0 bridgehead atoms. The lowest BCUT2D eigenvalue weighted by Gasteiger charge is -2.37. The van der Waals surface area contributed by atoms with Crippen molar-refractivity contribution >= 4 is 11.8 Å². The quantitative estimate of drug-likeness (QED) is 0.714. The van der Waals surface area contributed by atoms with Gasteiger partial charge in [0.1, 0.15) is 0 Å². The largest absolute Gasteiger partial charge is 0.373 e. The molecule has 2 aliphatic rings. The molecule has 2 aromatic carbocycles. The molecule has 0 aromatic heterocycles. The third-order valence-corrected chi connectivity index (χ3v) is 5.56. The van der Waals surface area contributed by atoms with E-state index in [1.807, 2.05) is 50.2 Å². The second-order valence-electron chi connectivity index (χ2n) is 7.12. The van der Waals surface area contributed by atoms with Crippen LogP contribution in [0.25, 0.3) is 0 Å². The highest BCUT2D eigenvalue weighted by molar-refractivity contribution is 6.05. The van der Waals surface area contributed by atoms with Gasteiger partial charge in [-0.05, 0) is 37.0 Å². The summed E-state index contributed by atoms with van der Waals surface area (Å²) in [4.78, 5) is 26.9. The van der Waals surface area contributed by atoms with Gasteiger partial charge in [0, 0.05) is 23.9 Å². The number of carbonyl (C=O) groups is 2. The molecule has 4 rings (SSSR count). The van der Waals surface area contributed by atoms with Crippen LogP contribution in [0.3, 0.4) is 0 Å². The Balaban J connectivity index is 0.00000109. The number of hydrogen-bond acceptors (Lipinski definition) is 3. The normalized spacial score (nSPS) is 23.6. The van der Waals surface area contributed by atoms with E-state index in [1.165, 1.54) is 4.90 Å². The minimum atomic E-state index is -0.172. The Labute approximate surface area is 167 Å². The zero-order valence-corrected chi connectivity index (χ0v) is 16.7. The van der Waals surface area contributed by atoms with Crippen molar-refractivity contribution in [2.45, 2.75) is 58.3 Å². The van der Waals surface area contributed by atoms with Crippen LogP contribution in [0.2, 0.25) is 0 Å². The highest BCUT2D eigenvalue weighted by Crippen LogP contribution is 2.40. The molecule has 0 spiro atoms. The molecule has 1 heterocycles. The minimum Gasteiger partial charge on any atom is -0.373 e. The number of likely N-dealkylation sites (tertiary alicyclic amines) is 1. The van der Waals surface area contributed by atoms with E-state index in [1.54, 1.807) is 12.1 Å². The average molecular weight is 380 g/mol. The van der Waals surface area contributed by atoms with Crippen molar-refractivity contribution < 1.29 is 14.3 Å². The fraction of sp³-hybridized carbons (Fsp3) is 0.417. The number of hydrogen-bond donors (Lipinski definition) is 0. The van der Waals surface area contributed by atoms with E-state index in [0.29, 0.717) is 18.6 Å². The van der Waals surface area contributed by atoms with Crippen molar-refractivity contribution in [3.63, 3.8) is 0 Å². The number of fused-ring (bicyclic) bond motifs is 1. The van der Waals surface area contributed by atoms with E-state index in [4.69, 9.17) is 4.74 Å². The minimum absolute atomic E-state index is 0.0373. The van der Waals surface area contributed by atoms with Crippen molar-refractivity contribution in [2.24, 2.45) is 5.92 Å². The van der Waals surface area contributed by atoms with Gasteiger partial charge in [0.15, 0.2) is 0 Å². The van der Waals surface area contributed by atoms with Crippen LogP contribution in [0.5, 0.6) is 0 Å². The summed E-state index contributed by atoms with van der Waals surface area (Å²) >= 11 is 0. The van der Waals surface area contributed by atoms with E-state index in [-0.39, 0.29) is 29.9 Å². The first-order valence-electron chi connectivity index (χ1n) is 10.3. The SMILES string of the molecule is CC.O=C1CC[C@@H]2[C@@H](CC[C@H]2OCc2ccccc2)N1C(=O)c1ccccc1. The molecule has 1 saturated heterocycles. The van der Waals surface area contributed by atoms with E-state index >= 15 is 0 Å². The summed E-state index contributed by atoms with van der Waals surface area (Å²) in [5, 5.41) is 0. The molecule has 148 valence electrons. The van der Waals surface area contributed by atoms with Gasteiger partial charge in [-0.3, -0.25) is 14.5 Å². The molecule has 2 fully saturated rings. The molecule has 4 nitrogen and oxygen atoms in total. The summed E-state index contributed by atoms with van der Waals surface area (Å²) in [5.74, 6) is 0.0156. The zero-order valence-electron chi connectivity index (χ0n) is 16.7.